The second kappa shape index (κ2) is 8.59. The summed E-state index contributed by atoms with van der Waals surface area (Å²) in [5, 5.41) is 6.53. The lowest BCUT2D eigenvalue weighted by molar-refractivity contribution is -0.143. The Labute approximate surface area is 274 Å². The van der Waals surface area contributed by atoms with Gasteiger partial charge in [-0.05, 0) is 85.8 Å². The van der Waals surface area contributed by atoms with E-state index >= 15 is 14.4 Å². The summed E-state index contributed by atoms with van der Waals surface area (Å²) in [5.41, 5.74) is 2.80. The maximum absolute atomic E-state index is 15.1. The van der Waals surface area contributed by atoms with E-state index < -0.39 is 22.7 Å². The van der Waals surface area contributed by atoms with Crippen molar-refractivity contribution >= 4 is 71.5 Å². The Hall–Kier alpha value is -4.61. The van der Waals surface area contributed by atoms with E-state index in [1.54, 1.807) is 6.92 Å². The van der Waals surface area contributed by atoms with Gasteiger partial charge in [-0.2, -0.15) is 0 Å². The summed E-state index contributed by atoms with van der Waals surface area (Å²) in [5.74, 6) is -2.55. The number of benzene rings is 6. The van der Waals surface area contributed by atoms with E-state index in [0.29, 0.717) is 5.69 Å². The predicted octanol–water partition coefficient (Wildman–Crippen LogP) is 8.71. The number of carbonyl (C=O) groups is 3. The summed E-state index contributed by atoms with van der Waals surface area (Å²) in [6.07, 6.45) is 0. The van der Waals surface area contributed by atoms with Crippen LogP contribution in [0.4, 0.5) is 5.69 Å². The Morgan fingerprint density at radius 1 is 0.630 bits per heavy atom. The minimum atomic E-state index is -1.25. The molecule has 6 atom stereocenters. The number of Topliss-reactive ketones (excluding diaryl/α,β-unsaturated/α-hetero) is 1. The number of carbonyl (C=O) groups excluding carboxylic acids is 3. The predicted molar refractivity (Wildman–Crippen MR) is 184 cm³/mol. The van der Waals surface area contributed by atoms with E-state index in [4.69, 9.17) is 0 Å². The topological polar surface area (TPSA) is 54.5 Å². The standard InChI is InChI=1S/C41H28BrNO3/c1-21(44)41-34-28-14-6-4-12-26(28)25-11-3-5-13-27(25)32(34)40(2,33-29-15-7-9-22-10-8-16-30(31(22)29)35(33)41)36-37(41)39(46)43(38(36)45)24-19-17-23(42)18-20-24/h3-20,33,35-37H,1-2H3/t33-,35+,36-,37+,40-,41+/m0/s1. The zero-order valence-electron chi connectivity index (χ0n) is 25.3. The van der Waals surface area contributed by atoms with Gasteiger partial charge in [-0.3, -0.25) is 14.4 Å². The third-order valence-electron chi connectivity index (χ3n) is 12.1. The molecular formula is C41H28BrNO3. The molecular weight excluding hydrogens is 634 g/mol. The van der Waals surface area contributed by atoms with Crippen molar-refractivity contribution in [3.05, 3.63) is 136 Å². The van der Waals surface area contributed by atoms with Crippen molar-refractivity contribution in [3.8, 4) is 0 Å². The molecule has 0 aromatic heterocycles. The average molecular weight is 663 g/mol. The van der Waals surface area contributed by atoms with E-state index in [-0.39, 0.29) is 29.4 Å². The van der Waals surface area contributed by atoms with Crippen molar-refractivity contribution in [2.24, 2.45) is 11.8 Å². The van der Waals surface area contributed by atoms with Gasteiger partial charge in [0.15, 0.2) is 0 Å². The number of amides is 2. The van der Waals surface area contributed by atoms with Gasteiger partial charge in [-0.1, -0.05) is 108 Å². The normalized spacial score (nSPS) is 28.6. The van der Waals surface area contributed by atoms with Gasteiger partial charge in [0.2, 0.25) is 11.8 Å². The Morgan fingerprint density at radius 2 is 1.17 bits per heavy atom. The van der Waals surface area contributed by atoms with Crippen molar-refractivity contribution in [2.45, 2.75) is 36.5 Å². The Bertz CT molecular complexity index is 2410. The molecule has 222 valence electrons. The lowest BCUT2D eigenvalue weighted by Crippen LogP contribution is -2.67. The van der Waals surface area contributed by atoms with Gasteiger partial charge in [0.1, 0.15) is 5.78 Å². The monoisotopic (exact) mass is 661 g/mol. The zero-order chi connectivity index (χ0) is 31.3. The van der Waals surface area contributed by atoms with Crippen LogP contribution in [0.1, 0.15) is 47.9 Å². The number of anilines is 1. The Balaban J connectivity index is 1.43. The molecule has 1 aliphatic heterocycles. The summed E-state index contributed by atoms with van der Waals surface area (Å²) in [6, 6.07) is 36.9. The van der Waals surface area contributed by atoms with Crippen LogP contribution < -0.4 is 4.90 Å². The van der Waals surface area contributed by atoms with Crippen molar-refractivity contribution in [2.75, 3.05) is 4.90 Å². The highest BCUT2D eigenvalue weighted by atomic mass is 79.9. The van der Waals surface area contributed by atoms with E-state index in [2.05, 4.69) is 95.7 Å². The molecule has 4 nitrogen and oxygen atoms in total. The highest BCUT2D eigenvalue weighted by molar-refractivity contribution is 9.10. The highest BCUT2D eigenvalue weighted by Crippen LogP contribution is 2.78. The van der Waals surface area contributed by atoms with Gasteiger partial charge >= 0.3 is 0 Å². The van der Waals surface area contributed by atoms with Crippen LogP contribution in [0.2, 0.25) is 0 Å². The lowest BCUT2D eigenvalue weighted by atomic mass is 9.35. The number of fused-ring (bicyclic) bond motifs is 3. The molecule has 0 unspecified atom stereocenters. The average Bonchev–Trinajstić information content (AvgIpc) is 3.56. The van der Waals surface area contributed by atoms with Crippen LogP contribution in [-0.2, 0) is 25.2 Å². The summed E-state index contributed by atoms with van der Waals surface area (Å²) in [4.78, 5) is 46.6. The summed E-state index contributed by atoms with van der Waals surface area (Å²) in [7, 11) is 0. The molecule has 4 aliphatic carbocycles. The van der Waals surface area contributed by atoms with Crippen LogP contribution in [0, 0.1) is 11.8 Å². The maximum atomic E-state index is 15.1. The molecule has 5 heteroatoms. The number of hydrogen-bond acceptors (Lipinski definition) is 3. The first-order valence-corrected chi connectivity index (χ1v) is 16.7. The van der Waals surface area contributed by atoms with Gasteiger partial charge in [0.05, 0.1) is 22.9 Å². The van der Waals surface area contributed by atoms with Gasteiger partial charge in [-0.15, -0.1) is 0 Å². The molecule has 2 amide bonds. The smallest absolute Gasteiger partial charge is 0.239 e. The van der Waals surface area contributed by atoms with E-state index in [1.165, 1.54) is 15.8 Å². The maximum Gasteiger partial charge on any atom is 0.239 e. The number of rotatable bonds is 2. The number of nitrogens with zero attached hydrogens (tertiary/aromatic N) is 1. The van der Waals surface area contributed by atoms with E-state index in [9.17, 15) is 0 Å². The van der Waals surface area contributed by atoms with Crippen molar-refractivity contribution in [1.29, 1.82) is 0 Å². The highest BCUT2D eigenvalue weighted by Gasteiger charge is 2.79. The molecule has 46 heavy (non-hydrogen) atoms. The number of hydrogen-bond donors (Lipinski definition) is 0. The molecule has 6 aromatic carbocycles. The fourth-order valence-corrected chi connectivity index (χ4v) is 11.0. The summed E-state index contributed by atoms with van der Waals surface area (Å²) < 4.78 is 0.865. The fraction of sp³-hybridized carbons (Fsp3) is 0.195. The van der Waals surface area contributed by atoms with E-state index in [0.717, 1.165) is 48.1 Å². The number of ketones is 1. The van der Waals surface area contributed by atoms with Gasteiger partial charge in [0.25, 0.3) is 0 Å². The molecule has 0 radical (unpaired) electrons. The first-order valence-electron chi connectivity index (χ1n) is 15.9. The second-order valence-electron chi connectivity index (χ2n) is 13.7. The van der Waals surface area contributed by atoms with Gasteiger partial charge < -0.3 is 0 Å². The van der Waals surface area contributed by atoms with Crippen LogP contribution in [0.25, 0.3) is 32.3 Å². The quantitative estimate of drug-likeness (QED) is 0.138. The van der Waals surface area contributed by atoms with Crippen LogP contribution in [0.3, 0.4) is 0 Å². The zero-order valence-corrected chi connectivity index (χ0v) is 26.8. The third kappa shape index (κ3) is 2.75. The van der Waals surface area contributed by atoms with Crippen LogP contribution >= 0.6 is 15.9 Å². The molecule has 2 fully saturated rings. The minimum Gasteiger partial charge on any atom is -0.299 e. The molecule has 6 aromatic rings. The van der Waals surface area contributed by atoms with Gasteiger partial charge in [-0.25, -0.2) is 4.90 Å². The Morgan fingerprint density at radius 3 is 1.78 bits per heavy atom. The number of halogens is 1. The van der Waals surface area contributed by atoms with Crippen molar-refractivity contribution in [1.82, 2.24) is 0 Å². The third-order valence-corrected chi connectivity index (χ3v) is 12.6. The Kier molecular flexibility index (Phi) is 4.97. The van der Waals surface area contributed by atoms with E-state index in [1.807, 2.05) is 36.4 Å². The minimum absolute atomic E-state index is 0.0513. The molecule has 1 heterocycles. The largest absolute Gasteiger partial charge is 0.299 e. The van der Waals surface area contributed by atoms with Crippen LogP contribution in [0.15, 0.2) is 114 Å². The molecule has 2 bridgehead atoms. The lowest BCUT2D eigenvalue weighted by Gasteiger charge is -2.64. The van der Waals surface area contributed by atoms with Crippen LogP contribution in [0.5, 0.6) is 0 Å². The van der Waals surface area contributed by atoms with Gasteiger partial charge in [0, 0.05) is 21.7 Å². The molecule has 5 aliphatic rings. The van der Waals surface area contributed by atoms with Crippen molar-refractivity contribution < 1.29 is 14.4 Å². The summed E-state index contributed by atoms with van der Waals surface area (Å²) in [6.45, 7) is 3.89. The molecule has 1 saturated heterocycles. The molecule has 0 spiro atoms. The summed E-state index contributed by atoms with van der Waals surface area (Å²) >= 11 is 3.51. The first kappa shape index (κ1) is 26.6. The van der Waals surface area contributed by atoms with Crippen LogP contribution in [-0.4, -0.2) is 17.6 Å². The fourth-order valence-electron chi connectivity index (χ4n) is 10.8. The number of imide groups is 1. The SMILES string of the molecule is CC(=O)[C@]12c3c(c4ccccc4c4ccccc34)[C@](C)([C@@H]3C(=O)N(c4ccc(Br)cc4)C(=O)[C@@H]31)[C@H]1c3cccc4cccc(c34)[C@H]12. The molecule has 1 saturated carbocycles. The van der Waals surface area contributed by atoms with Crippen molar-refractivity contribution in [3.63, 3.8) is 0 Å². The molecule has 11 rings (SSSR count). The molecule has 0 N–H and O–H groups in total. The first-order chi connectivity index (χ1) is 22.3. The second-order valence-corrected chi connectivity index (χ2v) is 14.7.